The first kappa shape index (κ1) is 14.8. The summed E-state index contributed by atoms with van der Waals surface area (Å²) in [5, 5.41) is 11.6. The molecule has 0 aliphatic heterocycles. The van der Waals surface area contributed by atoms with Crippen LogP contribution in [0.5, 0.6) is 5.75 Å². The number of benzene rings is 2. The molecule has 0 unspecified atom stereocenters. The van der Waals surface area contributed by atoms with E-state index in [2.05, 4.69) is 10.9 Å². The normalized spacial score (nSPS) is 10.6. The van der Waals surface area contributed by atoms with Crippen molar-refractivity contribution in [2.24, 2.45) is 5.92 Å². The van der Waals surface area contributed by atoms with Crippen molar-refractivity contribution in [3.8, 4) is 5.75 Å². The number of carbonyl (C=O) groups is 2. The molecule has 0 atom stereocenters. The fourth-order valence-corrected chi connectivity index (χ4v) is 2.03. The van der Waals surface area contributed by atoms with E-state index in [0.717, 1.165) is 10.8 Å². The van der Waals surface area contributed by atoms with E-state index in [1.54, 1.807) is 6.07 Å². The lowest BCUT2D eigenvalue weighted by molar-refractivity contribution is -0.122. The first-order chi connectivity index (χ1) is 9.97. The second-order valence-electron chi connectivity index (χ2n) is 5.32. The average Bonchev–Trinajstić information content (AvgIpc) is 2.43. The Labute approximate surface area is 122 Å². The third-order valence-corrected chi connectivity index (χ3v) is 3.02. The molecule has 0 radical (unpaired) electrons. The second kappa shape index (κ2) is 6.26. The van der Waals surface area contributed by atoms with Gasteiger partial charge in [0.05, 0.1) is 5.56 Å². The first-order valence-corrected chi connectivity index (χ1v) is 6.78. The van der Waals surface area contributed by atoms with Crippen LogP contribution in [0.1, 0.15) is 30.6 Å². The maximum Gasteiger partial charge on any atom is 0.273 e. The van der Waals surface area contributed by atoms with Crippen molar-refractivity contribution >= 4 is 22.6 Å². The van der Waals surface area contributed by atoms with Crippen molar-refractivity contribution in [3.63, 3.8) is 0 Å². The third-order valence-electron chi connectivity index (χ3n) is 3.02. The van der Waals surface area contributed by atoms with Crippen LogP contribution < -0.4 is 10.9 Å². The van der Waals surface area contributed by atoms with E-state index >= 15 is 0 Å². The Kier molecular flexibility index (Phi) is 4.42. The molecule has 0 aliphatic rings. The fourth-order valence-electron chi connectivity index (χ4n) is 2.03. The molecule has 2 aromatic rings. The van der Waals surface area contributed by atoms with E-state index in [1.165, 1.54) is 6.07 Å². The number of rotatable bonds is 3. The molecule has 21 heavy (non-hydrogen) atoms. The van der Waals surface area contributed by atoms with Crippen molar-refractivity contribution in [3.05, 3.63) is 42.0 Å². The summed E-state index contributed by atoms with van der Waals surface area (Å²) in [6.45, 7) is 3.83. The average molecular weight is 286 g/mol. The summed E-state index contributed by atoms with van der Waals surface area (Å²) in [6, 6.07) is 10.5. The molecule has 5 heteroatoms. The summed E-state index contributed by atoms with van der Waals surface area (Å²) in [5.74, 6) is -0.728. The number of fused-ring (bicyclic) bond motifs is 1. The molecule has 0 aromatic heterocycles. The van der Waals surface area contributed by atoms with Gasteiger partial charge in [0.25, 0.3) is 5.91 Å². The molecule has 2 amide bonds. The SMILES string of the molecule is CC(C)CC(=O)NNC(=O)c1cc2ccccc2cc1O. The number of hydrogen-bond acceptors (Lipinski definition) is 3. The summed E-state index contributed by atoms with van der Waals surface area (Å²) in [7, 11) is 0. The summed E-state index contributed by atoms with van der Waals surface area (Å²) >= 11 is 0. The van der Waals surface area contributed by atoms with Crippen LogP contribution in [0.2, 0.25) is 0 Å². The third kappa shape index (κ3) is 3.72. The smallest absolute Gasteiger partial charge is 0.273 e. The van der Waals surface area contributed by atoms with E-state index in [0.29, 0.717) is 6.42 Å². The second-order valence-corrected chi connectivity index (χ2v) is 5.32. The Bertz CT molecular complexity index is 680. The molecule has 110 valence electrons. The molecular formula is C16H18N2O3. The zero-order chi connectivity index (χ0) is 15.4. The monoisotopic (exact) mass is 286 g/mol. The van der Waals surface area contributed by atoms with Crippen LogP contribution in [0.15, 0.2) is 36.4 Å². The Hall–Kier alpha value is -2.56. The molecule has 0 heterocycles. The Balaban J connectivity index is 2.12. The van der Waals surface area contributed by atoms with Gasteiger partial charge in [-0.15, -0.1) is 0 Å². The molecule has 2 rings (SSSR count). The molecule has 0 fully saturated rings. The number of nitrogens with one attached hydrogen (secondary N) is 2. The summed E-state index contributed by atoms with van der Waals surface area (Å²) in [6.07, 6.45) is 0.323. The van der Waals surface area contributed by atoms with Crippen LogP contribution in [-0.4, -0.2) is 16.9 Å². The predicted molar refractivity (Wildman–Crippen MR) is 80.7 cm³/mol. The van der Waals surface area contributed by atoms with Gasteiger partial charge in [0.2, 0.25) is 5.91 Å². The van der Waals surface area contributed by atoms with Gasteiger partial charge in [-0.2, -0.15) is 0 Å². The summed E-state index contributed by atoms with van der Waals surface area (Å²) in [4.78, 5) is 23.5. The zero-order valence-electron chi connectivity index (χ0n) is 12.0. The molecule has 0 saturated carbocycles. The number of aromatic hydroxyl groups is 1. The van der Waals surface area contributed by atoms with E-state index in [-0.39, 0.29) is 23.1 Å². The van der Waals surface area contributed by atoms with Crippen molar-refractivity contribution in [2.45, 2.75) is 20.3 Å². The van der Waals surface area contributed by atoms with Gasteiger partial charge in [0.15, 0.2) is 0 Å². The minimum Gasteiger partial charge on any atom is -0.507 e. The van der Waals surface area contributed by atoms with Gasteiger partial charge in [-0.05, 0) is 28.8 Å². The number of carbonyl (C=O) groups excluding carboxylic acids is 2. The maximum atomic E-state index is 12.0. The van der Waals surface area contributed by atoms with Crippen LogP contribution in [0.25, 0.3) is 10.8 Å². The largest absolute Gasteiger partial charge is 0.507 e. The molecule has 3 N–H and O–H groups in total. The van der Waals surface area contributed by atoms with Crippen molar-refractivity contribution in [1.29, 1.82) is 0 Å². The Morgan fingerprint density at radius 2 is 1.71 bits per heavy atom. The summed E-state index contributed by atoms with van der Waals surface area (Å²) < 4.78 is 0. The minimum absolute atomic E-state index is 0.121. The van der Waals surface area contributed by atoms with Crippen molar-refractivity contribution in [1.82, 2.24) is 10.9 Å². The molecule has 2 aromatic carbocycles. The highest BCUT2D eigenvalue weighted by molar-refractivity contribution is 6.02. The first-order valence-electron chi connectivity index (χ1n) is 6.78. The predicted octanol–water partition coefficient (Wildman–Crippen LogP) is 2.35. The lowest BCUT2D eigenvalue weighted by Crippen LogP contribution is -2.42. The molecule has 0 saturated heterocycles. The topological polar surface area (TPSA) is 78.4 Å². The van der Waals surface area contributed by atoms with E-state index < -0.39 is 5.91 Å². The zero-order valence-corrected chi connectivity index (χ0v) is 12.0. The maximum absolute atomic E-state index is 12.0. The van der Waals surface area contributed by atoms with Crippen LogP contribution >= 0.6 is 0 Å². The van der Waals surface area contributed by atoms with E-state index in [9.17, 15) is 14.7 Å². The van der Waals surface area contributed by atoms with Crippen LogP contribution in [0, 0.1) is 5.92 Å². The number of phenolic OH excluding ortho intramolecular Hbond substituents is 1. The van der Waals surface area contributed by atoms with Crippen LogP contribution in [0.3, 0.4) is 0 Å². The van der Waals surface area contributed by atoms with Gasteiger partial charge in [0, 0.05) is 6.42 Å². The number of hydrazine groups is 1. The van der Waals surface area contributed by atoms with Gasteiger partial charge in [-0.25, -0.2) is 0 Å². The Morgan fingerprint density at radius 3 is 2.33 bits per heavy atom. The quantitative estimate of drug-likeness (QED) is 0.758. The van der Waals surface area contributed by atoms with Crippen molar-refractivity contribution < 1.29 is 14.7 Å². The van der Waals surface area contributed by atoms with E-state index in [1.807, 2.05) is 38.1 Å². The summed E-state index contributed by atoms with van der Waals surface area (Å²) in [5.41, 5.74) is 4.77. The number of hydrogen-bond donors (Lipinski definition) is 3. The van der Waals surface area contributed by atoms with Gasteiger partial charge >= 0.3 is 0 Å². The molecule has 5 nitrogen and oxygen atoms in total. The highest BCUT2D eigenvalue weighted by atomic mass is 16.3. The Morgan fingerprint density at radius 1 is 1.10 bits per heavy atom. The minimum atomic E-state index is -0.546. The van der Waals surface area contributed by atoms with E-state index in [4.69, 9.17) is 0 Å². The van der Waals surface area contributed by atoms with Crippen LogP contribution in [-0.2, 0) is 4.79 Å². The van der Waals surface area contributed by atoms with Crippen molar-refractivity contribution in [2.75, 3.05) is 0 Å². The fraction of sp³-hybridized carbons (Fsp3) is 0.250. The number of amides is 2. The van der Waals surface area contributed by atoms with Gasteiger partial charge in [0.1, 0.15) is 5.75 Å². The molecule has 0 spiro atoms. The molecule has 0 bridgehead atoms. The lowest BCUT2D eigenvalue weighted by atomic mass is 10.1. The van der Waals surface area contributed by atoms with Gasteiger partial charge < -0.3 is 5.11 Å². The van der Waals surface area contributed by atoms with Crippen LogP contribution in [0.4, 0.5) is 0 Å². The molecule has 0 aliphatic carbocycles. The highest BCUT2D eigenvalue weighted by Crippen LogP contribution is 2.24. The lowest BCUT2D eigenvalue weighted by Gasteiger charge is -2.10. The van der Waals surface area contributed by atoms with Gasteiger partial charge in [-0.1, -0.05) is 38.1 Å². The number of phenols is 1. The van der Waals surface area contributed by atoms with Gasteiger partial charge in [-0.3, -0.25) is 20.4 Å². The highest BCUT2D eigenvalue weighted by Gasteiger charge is 2.13. The standard InChI is InChI=1S/C16H18N2O3/c1-10(2)7-15(20)17-18-16(21)13-8-11-5-3-4-6-12(11)9-14(13)19/h3-6,8-10,19H,7H2,1-2H3,(H,17,20)(H,18,21). The molecular weight excluding hydrogens is 268 g/mol.